The SMILES string of the molecule is CCOC(=O)CC(OC(=O)[C@@H](N)[C@@H](C)CC)C(OC(=O)[C@@H](N)[C@@H](C)CC)C(=O)OC[C@H]1O[C@@H](n2cnc3c(=O)[nH]c(N)nc32)C[C@@H]1F. The van der Waals surface area contributed by atoms with Crippen LogP contribution in [0.2, 0.25) is 0 Å². The third kappa shape index (κ3) is 9.23. The number of fused-ring (bicyclic) bond motifs is 1. The van der Waals surface area contributed by atoms with Crippen LogP contribution in [0.1, 0.15) is 66.5 Å². The number of carbonyl (C=O) groups excluding carboxylic acids is 4. The van der Waals surface area contributed by atoms with Crippen molar-refractivity contribution >= 4 is 41.0 Å². The molecule has 0 spiro atoms. The van der Waals surface area contributed by atoms with E-state index in [9.17, 15) is 24.0 Å². The summed E-state index contributed by atoms with van der Waals surface area (Å²) in [6, 6.07) is -2.30. The normalized spacial score (nSPS) is 21.7. The van der Waals surface area contributed by atoms with E-state index in [0.717, 1.165) is 0 Å². The first kappa shape index (κ1) is 37.3. The van der Waals surface area contributed by atoms with Gasteiger partial charge in [-0.3, -0.25) is 28.7 Å². The summed E-state index contributed by atoms with van der Waals surface area (Å²) in [5.74, 6) is -4.98. The van der Waals surface area contributed by atoms with Crippen molar-refractivity contribution in [3.63, 3.8) is 0 Å². The van der Waals surface area contributed by atoms with Crippen molar-refractivity contribution in [1.29, 1.82) is 0 Å². The van der Waals surface area contributed by atoms with Crippen LogP contribution in [0.25, 0.3) is 11.2 Å². The van der Waals surface area contributed by atoms with Crippen LogP contribution >= 0.6 is 0 Å². The number of alkyl halides is 1. The Balaban J connectivity index is 1.84. The van der Waals surface area contributed by atoms with Crippen molar-refractivity contribution in [1.82, 2.24) is 19.5 Å². The maximum absolute atomic E-state index is 15.2. The summed E-state index contributed by atoms with van der Waals surface area (Å²) < 4.78 is 43.5. The van der Waals surface area contributed by atoms with E-state index in [2.05, 4.69) is 15.0 Å². The minimum absolute atomic E-state index is 0.0273. The number of ether oxygens (including phenoxy) is 5. The topological polar surface area (TPSA) is 256 Å². The molecule has 262 valence electrons. The zero-order chi connectivity index (χ0) is 35.0. The summed E-state index contributed by atoms with van der Waals surface area (Å²) in [5, 5.41) is 0. The van der Waals surface area contributed by atoms with Crippen molar-refractivity contribution in [3.05, 3.63) is 16.7 Å². The zero-order valence-electron chi connectivity index (χ0n) is 27.1. The number of H-pyrrole nitrogens is 1. The number of aromatic nitrogens is 4. The minimum Gasteiger partial charge on any atom is -0.466 e. The standard InChI is InChI=1S/C29H44FN7O10/c1-6-13(4)20(31)26(40)46-16(10-19(38)43-8-3)23(47-27(41)21(32)14(5)7-2)28(42)44-11-17-15(30)9-18(45-17)37-12-34-22-24(37)35-29(33)36-25(22)39/h12-18,20-21,23H,6-11,31-32H2,1-5H3,(H3,33,35,36,39)/t13-,14-,15-,16?,17+,18+,20-,21-,23?/m0/s1. The van der Waals surface area contributed by atoms with E-state index >= 15 is 4.39 Å². The van der Waals surface area contributed by atoms with Gasteiger partial charge in [0, 0.05) is 6.42 Å². The molecule has 0 aromatic carbocycles. The van der Waals surface area contributed by atoms with Gasteiger partial charge in [0.1, 0.15) is 37.2 Å². The number of carbonyl (C=O) groups is 4. The molecule has 2 unspecified atom stereocenters. The fraction of sp³-hybridized carbons (Fsp3) is 0.690. The quantitative estimate of drug-likeness (QED) is 0.139. The molecule has 1 fully saturated rings. The molecular formula is C29H44FN7O10. The van der Waals surface area contributed by atoms with Gasteiger partial charge in [0.15, 0.2) is 17.3 Å². The number of hydrogen-bond donors (Lipinski definition) is 4. The molecule has 47 heavy (non-hydrogen) atoms. The number of hydrogen-bond acceptors (Lipinski definition) is 15. The van der Waals surface area contributed by atoms with Gasteiger partial charge in [0.25, 0.3) is 5.56 Å². The van der Waals surface area contributed by atoms with Gasteiger partial charge in [-0.15, -0.1) is 0 Å². The second-order valence-electron chi connectivity index (χ2n) is 11.5. The number of nitrogens with zero attached hydrogens (tertiary/aromatic N) is 3. The van der Waals surface area contributed by atoms with Crippen molar-refractivity contribution in [2.45, 2.75) is 103 Å². The maximum Gasteiger partial charge on any atom is 0.351 e. The second kappa shape index (κ2) is 16.6. The largest absolute Gasteiger partial charge is 0.466 e. The summed E-state index contributed by atoms with van der Waals surface area (Å²) >= 11 is 0. The van der Waals surface area contributed by atoms with Crippen LogP contribution in [0.15, 0.2) is 11.1 Å². The fourth-order valence-electron chi connectivity index (χ4n) is 4.68. The Hall–Kier alpha value is -4.16. The highest BCUT2D eigenvalue weighted by molar-refractivity contribution is 5.84. The molecule has 2 aromatic heterocycles. The average Bonchev–Trinajstić information content (AvgIpc) is 3.63. The van der Waals surface area contributed by atoms with Crippen molar-refractivity contribution in [3.8, 4) is 0 Å². The molecule has 0 bridgehead atoms. The van der Waals surface area contributed by atoms with Gasteiger partial charge >= 0.3 is 23.9 Å². The molecule has 3 heterocycles. The first-order valence-corrected chi connectivity index (χ1v) is 15.5. The lowest BCUT2D eigenvalue weighted by atomic mass is 10.00. The lowest BCUT2D eigenvalue weighted by molar-refractivity contribution is -0.188. The highest BCUT2D eigenvalue weighted by Crippen LogP contribution is 2.33. The predicted octanol–water partition coefficient (Wildman–Crippen LogP) is 0.394. The first-order chi connectivity index (χ1) is 22.2. The first-order valence-electron chi connectivity index (χ1n) is 15.5. The third-order valence-electron chi connectivity index (χ3n) is 8.12. The average molecular weight is 670 g/mol. The molecule has 7 N–H and O–H groups in total. The number of aromatic amines is 1. The van der Waals surface area contributed by atoms with Gasteiger partial charge in [-0.1, -0.05) is 40.5 Å². The Kier molecular flexibility index (Phi) is 13.2. The smallest absolute Gasteiger partial charge is 0.351 e. The van der Waals surface area contributed by atoms with E-state index in [1.807, 2.05) is 0 Å². The Morgan fingerprint density at radius 3 is 2.26 bits per heavy atom. The number of esters is 4. The number of nitrogens with one attached hydrogen (secondary N) is 1. The van der Waals surface area contributed by atoms with Gasteiger partial charge in [0.05, 0.1) is 19.4 Å². The number of rotatable bonds is 16. The minimum atomic E-state index is -2.00. The monoisotopic (exact) mass is 669 g/mol. The molecule has 0 aliphatic carbocycles. The van der Waals surface area contributed by atoms with Crippen LogP contribution in [0, 0.1) is 11.8 Å². The molecular weight excluding hydrogens is 625 g/mol. The van der Waals surface area contributed by atoms with E-state index in [0.29, 0.717) is 12.8 Å². The summed E-state index contributed by atoms with van der Waals surface area (Å²) in [4.78, 5) is 74.5. The molecule has 2 aromatic rings. The Morgan fingerprint density at radius 1 is 1.04 bits per heavy atom. The lowest BCUT2D eigenvalue weighted by Gasteiger charge is -2.29. The van der Waals surface area contributed by atoms with Crippen LogP contribution in [-0.2, 0) is 42.9 Å². The van der Waals surface area contributed by atoms with E-state index in [-0.39, 0.29) is 42.0 Å². The Labute approximate surface area is 270 Å². The van der Waals surface area contributed by atoms with Crippen molar-refractivity contribution in [2.24, 2.45) is 23.3 Å². The third-order valence-corrected chi connectivity index (χ3v) is 8.12. The highest BCUT2D eigenvalue weighted by Gasteiger charge is 2.43. The predicted molar refractivity (Wildman–Crippen MR) is 163 cm³/mol. The number of nitrogen functional groups attached to an aromatic ring is 1. The summed E-state index contributed by atoms with van der Waals surface area (Å²) in [7, 11) is 0. The Morgan fingerprint density at radius 2 is 1.66 bits per heavy atom. The molecule has 9 atom stereocenters. The van der Waals surface area contributed by atoms with Crippen LogP contribution in [0.4, 0.5) is 10.3 Å². The molecule has 1 aliphatic rings. The summed E-state index contributed by atoms with van der Waals surface area (Å²) in [5.41, 5.74) is 17.1. The number of nitrogens with two attached hydrogens (primary N) is 3. The van der Waals surface area contributed by atoms with Crippen LogP contribution in [0.5, 0.6) is 0 Å². The molecule has 0 amide bonds. The number of halogens is 1. The van der Waals surface area contributed by atoms with E-state index in [1.54, 1.807) is 34.6 Å². The molecule has 18 heteroatoms. The number of imidazole rings is 1. The molecule has 3 rings (SSSR count). The zero-order valence-corrected chi connectivity index (χ0v) is 27.1. The molecule has 1 aliphatic heterocycles. The van der Waals surface area contributed by atoms with Gasteiger partial charge in [-0.25, -0.2) is 14.2 Å². The summed E-state index contributed by atoms with van der Waals surface area (Å²) in [6.07, 6.45) is -6.35. The molecule has 17 nitrogen and oxygen atoms in total. The molecule has 0 saturated carbocycles. The molecule has 0 radical (unpaired) electrons. The van der Waals surface area contributed by atoms with Crippen LogP contribution in [-0.4, -0.2) is 93.2 Å². The second-order valence-corrected chi connectivity index (χ2v) is 11.5. The van der Waals surface area contributed by atoms with Gasteiger partial charge in [0.2, 0.25) is 12.1 Å². The van der Waals surface area contributed by atoms with Crippen LogP contribution in [0.3, 0.4) is 0 Å². The van der Waals surface area contributed by atoms with Gasteiger partial charge in [-0.2, -0.15) is 4.98 Å². The van der Waals surface area contributed by atoms with Crippen LogP contribution < -0.4 is 22.8 Å². The number of anilines is 1. The fourth-order valence-corrected chi connectivity index (χ4v) is 4.68. The van der Waals surface area contributed by atoms with Crippen molar-refractivity contribution < 1.29 is 47.3 Å². The lowest BCUT2D eigenvalue weighted by Crippen LogP contribution is -2.50. The van der Waals surface area contributed by atoms with Crippen molar-refractivity contribution in [2.75, 3.05) is 18.9 Å². The Bertz CT molecular complexity index is 1470. The van der Waals surface area contributed by atoms with Gasteiger partial charge in [-0.05, 0) is 18.8 Å². The molecule has 1 saturated heterocycles. The highest BCUT2D eigenvalue weighted by atomic mass is 19.1. The van der Waals surface area contributed by atoms with E-state index in [1.165, 1.54) is 10.9 Å². The van der Waals surface area contributed by atoms with E-state index in [4.69, 9.17) is 40.9 Å². The van der Waals surface area contributed by atoms with Gasteiger partial charge < -0.3 is 40.9 Å². The maximum atomic E-state index is 15.2. The summed E-state index contributed by atoms with van der Waals surface area (Å²) in [6.45, 7) is 7.86. The van der Waals surface area contributed by atoms with E-state index < -0.39 is 85.3 Å².